The van der Waals surface area contributed by atoms with Gasteiger partial charge < -0.3 is 14.8 Å². The fourth-order valence-electron chi connectivity index (χ4n) is 4.04. The number of benzene rings is 2. The SMILES string of the molecule is CC1=C(C(=O)OCc2ccc([N+](=O)[O-])cc2)N2C(=O)[C@@H](NC(=O)OCc3ccccc3)[C@@H]2[C@@H](C)S1. The van der Waals surface area contributed by atoms with Crippen LogP contribution in [0.5, 0.6) is 0 Å². The van der Waals surface area contributed by atoms with Crippen LogP contribution in [0.1, 0.15) is 25.0 Å². The van der Waals surface area contributed by atoms with Crippen LogP contribution in [-0.2, 0) is 32.3 Å². The van der Waals surface area contributed by atoms with E-state index in [1.165, 1.54) is 40.9 Å². The second-order valence-electron chi connectivity index (χ2n) is 8.11. The number of hydrogen-bond acceptors (Lipinski definition) is 8. The van der Waals surface area contributed by atoms with Crippen LogP contribution in [0.3, 0.4) is 0 Å². The number of amides is 2. The zero-order chi connectivity index (χ0) is 25.1. The van der Waals surface area contributed by atoms with Crippen molar-refractivity contribution in [3.05, 3.63) is 86.4 Å². The van der Waals surface area contributed by atoms with Crippen molar-refractivity contribution in [3.8, 4) is 0 Å². The lowest BCUT2D eigenvalue weighted by Crippen LogP contribution is -2.74. The van der Waals surface area contributed by atoms with Gasteiger partial charge in [-0.3, -0.25) is 19.8 Å². The minimum Gasteiger partial charge on any atom is -0.456 e. The van der Waals surface area contributed by atoms with Crippen molar-refractivity contribution >= 4 is 35.4 Å². The lowest BCUT2D eigenvalue weighted by atomic mass is 9.91. The van der Waals surface area contributed by atoms with Crippen LogP contribution in [0.4, 0.5) is 10.5 Å². The molecular weight excluding hydrogens is 474 g/mol. The van der Waals surface area contributed by atoms with Gasteiger partial charge in [-0.15, -0.1) is 11.8 Å². The van der Waals surface area contributed by atoms with E-state index in [1.54, 1.807) is 6.92 Å². The van der Waals surface area contributed by atoms with E-state index in [9.17, 15) is 24.5 Å². The van der Waals surface area contributed by atoms with E-state index in [1.807, 2.05) is 37.3 Å². The quantitative estimate of drug-likeness (QED) is 0.266. The predicted octanol–water partition coefficient (Wildman–Crippen LogP) is 3.51. The molecule has 2 heterocycles. The predicted molar refractivity (Wildman–Crippen MR) is 127 cm³/mol. The van der Waals surface area contributed by atoms with Crippen LogP contribution in [0.25, 0.3) is 0 Å². The maximum atomic E-state index is 12.9. The molecule has 0 radical (unpaired) electrons. The number of ether oxygens (including phenoxy) is 2. The van der Waals surface area contributed by atoms with E-state index in [4.69, 9.17) is 9.47 Å². The highest BCUT2D eigenvalue weighted by Gasteiger charge is 2.56. The van der Waals surface area contributed by atoms with Gasteiger partial charge in [0.05, 0.1) is 11.0 Å². The van der Waals surface area contributed by atoms with Crippen LogP contribution in [0.15, 0.2) is 65.2 Å². The van der Waals surface area contributed by atoms with Gasteiger partial charge in [0, 0.05) is 22.3 Å². The van der Waals surface area contributed by atoms with Gasteiger partial charge >= 0.3 is 12.1 Å². The lowest BCUT2D eigenvalue weighted by Gasteiger charge is -2.52. The third-order valence-electron chi connectivity index (χ3n) is 5.76. The topological polar surface area (TPSA) is 128 Å². The Balaban J connectivity index is 1.38. The summed E-state index contributed by atoms with van der Waals surface area (Å²) in [6.45, 7) is 3.63. The fourth-order valence-corrected chi connectivity index (χ4v) is 5.31. The first-order chi connectivity index (χ1) is 16.8. The van der Waals surface area contributed by atoms with Crippen LogP contribution in [0, 0.1) is 10.1 Å². The summed E-state index contributed by atoms with van der Waals surface area (Å²) in [5, 5.41) is 13.3. The summed E-state index contributed by atoms with van der Waals surface area (Å²) in [6.07, 6.45) is -0.711. The molecule has 0 unspecified atom stereocenters. The molecule has 0 saturated carbocycles. The Morgan fingerprint density at radius 1 is 1.06 bits per heavy atom. The number of allylic oxidation sites excluding steroid dienone is 1. The van der Waals surface area contributed by atoms with Crippen molar-refractivity contribution in [2.75, 3.05) is 0 Å². The summed E-state index contributed by atoms with van der Waals surface area (Å²) in [4.78, 5) is 50.4. The van der Waals surface area contributed by atoms with Gasteiger partial charge in [0.25, 0.3) is 11.6 Å². The van der Waals surface area contributed by atoms with Crippen molar-refractivity contribution in [2.45, 2.75) is 44.4 Å². The maximum Gasteiger partial charge on any atom is 0.408 e. The maximum absolute atomic E-state index is 12.9. The number of carbonyl (C=O) groups excluding carboxylic acids is 3. The molecule has 2 aromatic carbocycles. The highest BCUT2D eigenvalue weighted by molar-refractivity contribution is 8.03. The molecule has 0 bridgehead atoms. The number of non-ortho nitro benzene ring substituents is 1. The molecule has 182 valence electrons. The van der Waals surface area contributed by atoms with Gasteiger partial charge in [0.15, 0.2) is 0 Å². The monoisotopic (exact) mass is 497 g/mol. The third kappa shape index (κ3) is 5.14. The zero-order valence-corrected chi connectivity index (χ0v) is 19.8. The molecule has 1 fully saturated rings. The first-order valence-electron chi connectivity index (χ1n) is 10.8. The van der Waals surface area contributed by atoms with Crippen molar-refractivity contribution in [2.24, 2.45) is 0 Å². The smallest absolute Gasteiger partial charge is 0.408 e. The second-order valence-corrected chi connectivity index (χ2v) is 9.70. The molecule has 0 aromatic heterocycles. The van der Waals surface area contributed by atoms with Crippen LogP contribution in [-0.4, -0.2) is 45.1 Å². The molecule has 3 atom stereocenters. The molecule has 2 aromatic rings. The molecule has 4 rings (SSSR count). The summed E-state index contributed by atoms with van der Waals surface area (Å²) in [7, 11) is 0. The Morgan fingerprint density at radius 2 is 1.69 bits per heavy atom. The van der Waals surface area contributed by atoms with Crippen molar-refractivity contribution < 1.29 is 28.8 Å². The van der Waals surface area contributed by atoms with Crippen LogP contribution < -0.4 is 5.32 Å². The van der Waals surface area contributed by atoms with E-state index < -0.39 is 35.0 Å². The Labute approximate surface area is 205 Å². The number of nitrogens with one attached hydrogen (secondary N) is 1. The van der Waals surface area contributed by atoms with Crippen LogP contribution >= 0.6 is 11.8 Å². The molecular formula is C24H23N3O7S. The van der Waals surface area contributed by atoms with E-state index >= 15 is 0 Å². The first-order valence-corrected chi connectivity index (χ1v) is 11.7. The molecule has 0 spiro atoms. The van der Waals surface area contributed by atoms with Gasteiger partial charge in [-0.1, -0.05) is 37.3 Å². The molecule has 0 aliphatic carbocycles. The average Bonchev–Trinajstić information content (AvgIpc) is 2.85. The average molecular weight is 498 g/mol. The summed E-state index contributed by atoms with van der Waals surface area (Å²) in [5.41, 5.74) is 1.47. The molecule has 35 heavy (non-hydrogen) atoms. The normalized spacial score (nSPS) is 21.0. The standard InChI is InChI=1S/C24H23N3O7S/c1-14-20-19(25-24(30)34-13-16-6-4-3-5-7-16)22(28)26(20)21(15(2)35-14)23(29)33-12-17-8-10-18(11-9-17)27(31)32/h3-11,14,19-20H,12-13H2,1-2H3,(H,25,30)/t14-,19+,20+/m1/s1. The minimum atomic E-state index is -0.814. The second kappa shape index (κ2) is 10.2. The van der Waals surface area contributed by atoms with Gasteiger partial charge in [0.2, 0.25) is 0 Å². The molecule has 11 heteroatoms. The number of nitro groups is 1. The largest absolute Gasteiger partial charge is 0.456 e. The molecule has 2 amide bonds. The molecule has 2 aliphatic rings. The number of fused-ring (bicyclic) bond motifs is 1. The number of carbonyl (C=O) groups is 3. The summed E-state index contributed by atoms with van der Waals surface area (Å²) < 4.78 is 10.6. The number of nitrogens with zero attached hydrogens (tertiary/aromatic N) is 2. The highest BCUT2D eigenvalue weighted by atomic mass is 32.2. The van der Waals surface area contributed by atoms with Crippen molar-refractivity contribution in [1.82, 2.24) is 10.2 Å². The Morgan fingerprint density at radius 3 is 2.34 bits per heavy atom. The number of nitro benzene ring substituents is 1. The van der Waals surface area contributed by atoms with E-state index in [0.717, 1.165) is 5.56 Å². The number of thioether (sulfide) groups is 1. The van der Waals surface area contributed by atoms with E-state index in [2.05, 4.69) is 5.32 Å². The van der Waals surface area contributed by atoms with Gasteiger partial charge in [-0.05, 0) is 30.2 Å². The fraction of sp³-hybridized carbons (Fsp3) is 0.292. The van der Waals surface area contributed by atoms with E-state index in [-0.39, 0.29) is 29.8 Å². The van der Waals surface area contributed by atoms with E-state index in [0.29, 0.717) is 10.5 Å². The number of alkyl carbamates (subject to hydrolysis) is 1. The highest BCUT2D eigenvalue weighted by Crippen LogP contribution is 2.43. The third-order valence-corrected chi connectivity index (χ3v) is 6.96. The number of esters is 1. The summed E-state index contributed by atoms with van der Waals surface area (Å²) in [5.74, 6) is -1.09. The molecule has 10 nitrogen and oxygen atoms in total. The number of β-lactam (4-membered cyclic amide) rings is 1. The summed E-state index contributed by atoms with van der Waals surface area (Å²) in [6, 6.07) is 13.6. The number of hydrogen-bond donors (Lipinski definition) is 1. The molecule has 1 N–H and O–H groups in total. The zero-order valence-electron chi connectivity index (χ0n) is 19.0. The molecule has 2 aliphatic heterocycles. The Hall–Kier alpha value is -3.86. The van der Waals surface area contributed by atoms with Crippen LogP contribution in [0.2, 0.25) is 0 Å². The Bertz CT molecular complexity index is 1180. The number of rotatable bonds is 7. The Kier molecular flexibility index (Phi) is 7.06. The molecule has 1 saturated heterocycles. The van der Waals surface area contributed by atoms with Gasteiger partial charge in [-0.2, -0.15) is 0 Å². The lowest BCUT2D eigenvalue weighted by molar-refractivity contribution is -0.384. The van der Waals surface area contributed by atoms with Gasteiger partial charge in [0.1, 0.15) is 25.0 Å². The van der Waals surface area contributed by atoms with Crippen molar-refractivity contribution in [1.29, 1.82) is 0 Å². The summed E-state index contributed by atoms with van der Waals surface area (Å²) >= 11 is 1.43. The first kappa shape index (κ1) is 24.3. The van der Waals surface area contributed by atoms with Gasteiger partial charge in [-0.25, -0.2) is 9.59 Å². The van der Waals surface area contributed by atoms with Crippen molar-refractivity contribution in [3.63, 3.8) is 0 Å². The minimum absolute atomic E-state index is 0.0637.